The maximum Gasteiger partial charge on any atom is 0.152 e. The molecule has 3 aromatic heterocycles. The molecule has 3 rings (SSSR count). The number of thiophene rings is 1. The Bertz CT molecular complexity index is 517. The summed E-state index contributed by atoms with van der Waals surface area (Å²) in [6.07, 6.45) is 3.46. The molecule has 3 aromatic rings. The average Bonchev–Trinajstić information content (AvgIpc) is 3.03. The number of hydrogen-bond donors (Lipinski definition) is 0. The van der Waals surface area contributed by atoms with Crippen molar-refractivity contribution in [2.75, 3.05) is 0 Å². The van der Waals surface area contributed by atoms with Crippen LogP contribution in [0.1, 0.15) is 0 Å². The highest BCUT2D eigenvalue weighted by molar-refractivity contribution is 7.13. The summed E-state index contributed by atoms with van der Waals surface area (Å²) in [5, 5.41) is 2.06. The summed E-state index contributed by atoms with van der Waals surface area (Å²) in [6.45, 7) is 0. The molecule has 0 aliphatic rings. The van der Waals surface area contributed by atoms with Crippen LogP contribution >= 0.6 is 11.3 Å². The van der Waals surface area contributed by atoms with Crippen molar-refractivity contribution in [3.8, 4) is 21.9 Å². The first-order chi connectivity index (χ1) is 7.95. The summed E-state index contributed by atoms with van der Waals surface area (Å²) < 4.78 is 5.40. The smallest absolute Gasteiger partial charge is 0.152 e. The summed E-state index contributed by atoms with van der Waals surface area (Å²) >= 11 is 1.71. The fourth-order valence-corrected chi connectivity index (χ4v) is 2.40. The van der Waals surface area contributed by atoms with Crippen molar-refractivity contribution in [2.45, 2.75) is 0 Å². The van der Waals surface area contributed by atoms with Crippen molar-refractivity contribution in [1.29, 1.82) is 0 Å². The van der Waals surface area contributed by atoms with Crippen molar-refractivity contribution >= 4 is 11.3 Å². The van der Waals surface area contributed by atoms with Crippen LogP contribution in [-0.4, -0.2) is 4.98 Å². The zero-order valence-electron chi connectivity index (χ0n) is 8.46. The van der Waals surface area contributed by atoms with E-state index < -0.39 is 0 Å². The van der Waals surface area contributed by atoms with Crippen LogP contribution in [0.5, 0.6) is 0 Å². The summed E-state index contributed by atoms with van der Waals surface area (Å²) in [4.78, 5) is 5.60. The average molecular weight is 227 g/mol. The Balaban J connectivity index is 2.19. The monoisotopic (exact) mass is 227 g/mol. The van der Waals surface area contributed by atoms with Gasteiger partial charge in [-0.25, -0.2) is 0 Å². The van der Waals surface area contributed by atoms with Crippen LogP contribution in [0.15, 0.2) is 58.7 Å². The minimum absolute atomic E-state index is 0.809. The summed E-state index contributed by atoms with van der Waals surface area (Å²) in [5.41, 5.74) is 2.02. The Morgan fingerprint density at radius 2 is 2.06 bits per heavy atom. The van der Waals surface area contributed by atoms with Crippen LogP contribution < -0.4 is 0 Å². The van der Waals surface area contributed by atoms with E-state index in [1.807, 2.05) is 24.3 Å². The van der Waals surface area contributed by atoms with Crippen molar-refractivity contribution < 1.29 is 4.42 Å². The fourth-order valence-electron chi connectivity index (χ4n) is 1.65. The third-order valence-corrected chi connectivity index (χ3v) is 3.25. The Morgan fingerprint density at radius 3 is 2.81 bits per heavy atom. The molecule has 0 radical (unpaired) electrons. The van der Waals surface area contributed by atoms with Crippen LogP contribution in [0.25, 0.3) is 21.9 Å². The largest absolute Gasteiger partial charge is 0.463 e. The van der Waals surface area contributed by atoms with Gasteiger partial charge in [-0.2, -0.15) is 0 Å². The first kappa shape index (κ1) is 9.36. The molecule has 2 nitrogen and oxygen atoms in total. The van der Waals surface area contributed by atoms with Gasteiger partial charge in [0, 0.05) is 16.6 Å². The lowest BCUT2D eigenvalue weighted by Crippen LogP contribution is -1.84. The van der Waals surface area contributed by atoms with Crippen LogP contribution in [0.4, 0.5) is 0 Å². The Morgan fingerprint density at radius 1 is 1.06 bits per heavy atom. The van der Waals surface area contributed by atoms with Gasteiger partial charge in [-0.3, -0.25) is 4.98 Å². The van der Waals surface area contributed by atoms with Gasteiger partial charge in [0.05, 0.1) is 6.26 Å². The van der Waals surface area contributed by atoms with E-state index in [0.717, 1.165) is 17.0 Å². The molecule has 0 amide bonds. The zero-order chi connectivity index (χ0) is 10.8. The minimum Gasteiger partial charge on any atom is -0.463 e. The summed E-state index contributed by atoms with van der Waals surface area (Å²) in [7, 11) is 0. The Labute approximate surface area is 97.2 Å². The number of pyridine rings is 1. The van der Waals surface area contributed by atoms with Crippen LogP contribution in [0, 0.1) is 0 Å². The van der Waals surface area contributed by atoms with Crippen molar-refractivity contribution in [2.24, 2.45) is 0 Å². The molecule has 0 fully saturated rings. The highest BCUT2D eigenvalue weighted by atomic mass is 32.1. The number of hydrogen-bond acceptors (Lipinski definition) is 3. The predicted octanol–water partition coefficient (Wildman–Crippen LogP) is 4.07. The van der Waals surface area contributed by atoms with E-state index >= 15 is 0 Å². The molecule has 0 N–H and O–H groups in total. The number of aromatic nitrogens is 1. The number of nitrogens with zero attached hydrogens (tertiary/aromatic N) is 1. The lowest BCUT2D eigenvalue weighted by molar-refractivity contribution is 0.580. The van der Waals surface area contributed by atoms with Crippen molar-refractivity contribution in [1.82, 2.24) is 4.98 Å². The molecule has 16 heavy (non-hydrogen) atoms. The molecule has 3 heteroatoms. The van der Waals surface area contributed by atoms with E-state index in [2.05, 4.69) is 22.5 Å². The van der Waals surface area contributed by atoms with E-state index in [-0.39, 0.29) is 0 Å². The van der Waals surface area contributed by atoms with Crippen LogP contribution in [-0.2, 0) is 0 Å². The molecule has 0 aliphatic heterocycles. The van der Waals surface area contributed by atoms with Gasteiger partial charge in [-0.1, -0.05) is 6.07 Å². The van der Waals surface area contributed by atoms with Gasteiger partial charge < -0.3 is 4.42 Å². The van der Waals surface area contributed by atoms with Gasteiger partial charge in [0.1, 0.15) is 5.69 Å². The third kappa shape index (κ3) is 1.55. The molecule has 0 aromatic carbocycles. The van der Waals surface area contributed by atoms with Crippen LogP contribution in [0.2, 0.25) is 0 Å². The molecule has 0 saturated carbocycles. The second kappa shape index (κ2) is 3.94. The summed E-state index contributed by atoms with van der Waals surface area (Å²) in [5.74, 6) is 0.809. The van der Waals surface area contributed by atoms with Gasteiger partial charge in [0.15, 0.2) is 5.76 Å². The minimum atomic E-state index is 0.809. The molecular weight excluding hydrogens is 218 g/mol. The molecule has 0 unspecified atom stereocenters. The highest BCUT2D eigenvalue weighted by Gasteiger charge is 2.10. The van der Waals surface area contributed by atoms with E-state index in [1.54, 1.807) is 23.8 Å². The van der Waals surface area contributed by atoms with E-state index in [9.17, 15) is 0 Å². The van der Waals surface area contributed by atoms with Crippen LogP contribution in [0.3, 0.4) is 0 Å². The maximum atomic E-state index is 5.40. The van der Waals surface area contributed by atoms with Gasteiger partial charge in [0.2, 0.25) is 0 Å². The fraction of sp³-hybridized carbons (Fsp3) is 0. The molecule has 78 valence electrons. The van der Waals surface area contributed by atoms with Gasteiger partial charge in [-0.15, -0.1) is 11.3 Å². The highest BCUT2D eigenvalue weighted by Crippen LogP contribution is 2.32. The van der Waals surface area contributed by atoms with Crippen molar-refractivity contribution in [3.05, 3.63) is 54.2 Å². The quantitative estimate of drug-likeness (QED) is 0.659. The lowest BCUT2D eigenvalue weighted by Gasteiger charge is -2.03. The molecule has 0 saturated heterocycles. The van der Waals surface area contributed by atoms with Gasteiger partial charge >= 0.3 is 0 Å². The van der Waals surface area contributed by atoms with E-state index in [1.165, 1.54) is 4.88 Å². The number of furan rings is 1. The predicted molar refractivity (Wildman–Crippen MR) is 65.3 cm³/mol. The summed E-state index contributed by atoms with van der Waals surface area (Å²) in [6, 6.07) is 12.0. The van der Waals surface area contributed by atoms with E-state index in [0.29, 0.717) is 0 Å². The molecule has 0 aliphatic carbocycles. The topological polar surface area (TPSA) is 26.0 Å². The molecule has 0 bridgehead atoms. The van der Waals surface area contributed by atoms with Gasteiger partial charge in [-0.05, 0) is 35.7 Å². The molecular formula is C13H9NOS. The second-order valence-electron chi connectivity index (χ2n) is 3.35. The molecule has 3 heterocycles. The molecule has 0 atom stereocenters. The SMILES string of the molecule is c1coc(-c2ncccc2-c2cccs2)c1. The molecule has 0 spiro atoms. The normalized spacial score (nSPS) is 10.5. The Kier molecular flexibility index (Phi) is 2.31. The van der Waals surface area contributed by atoms with Crippen molar-refractivity contribution in [3.63, 3.8) is 0 Å². The maximum absolute atomic E-state index is 5.40. The lowest BCUT2D eigenvalue weighted by atomic mass is 10.1. The first-order valence-electron chi connectivity index (χ1n) is 4.98. The standard InChI is InChI=1S/C13H9NOS/c1-4-10(12-6-3-9-16-12)13(14-7-1)11-5-2-8-15-11/h1-9H. The zero-order valence-corrected chi connectivity index (χ0v) is 9.28. The van der Waals surface area contributed by atoms with Gasteiger partial charge in [0.25, 0.3) is 0 Å². The third-order valence-electron chi connectivity index (χ3n) is 2.35. The number of rotatable bonds is 2. The van der Waals surface area contributed by atoms with E-state index in [4.69, 9.17) is 4.42 Å². The Hall–Kier alpha value is -1.87. The first-order valence-corrected chi connectivity index (χ1v) is 5.86. The second-order valence-corrected chi connectivity index (χ2v) is 4.30.